The maximum atomic E-state index is 10.4. The smallest absolute Gasteiger partial charge is 0.142 e. The second-order valence-electron chi connectivity index (χ2n) is 6.39. The van der Waals surface area contributed by atoms with Crippen molar-refractivity contribution in [3.05, 3.63) is 47.6 Å². The number of hydrogen-bond donors (Lipinski definition) is 0. The van der Waals surface area contributed by atoms with Crippen molar-refractivity contribution in [2.45, 2.75) is 60.3 Å². The molecule has 0 fully saturated rings. The first-order chi connectivity index (χ1) is 9.86. The highest BCUT2D eigenvalue weighted by molar-refractivity contribution is 5.65. The largest absolute Gasteiger partial charge is 0.299 e. The third-order valence-electron chi connectivity index (χ3n) is 3.74. The molecule has 1 unspecified atom stereocenters. The molecule has 0 aliphatic rings. The van der Waals surface area contributed by atoms with Crippen LogP contribution >= 0.6 is 0 Å². The summed E-state index contributed by atoms with van der Waals surface area (Å²) in [6.45, 7) is 14.7. The Kier molecular flexibility index (Phi) is 10.6. The van der Waals surface area contributed by atoms with Gasteiger partial charge in [0.2, 0.25) is 0 Å². The van der Waals surface area contributed by atoms with Crippen LogP contribution < -0.4 is 0 Å². The molecule has 0 aliphatic carbocycles. The third kappa shape index (κ3) is 11.0. The van der Waals surface area contributed by atoms with Crippen molar-refractivity contribution in [2.24, 2.45) is 11.8 Å². The molecule has 0 bridgehead atoms. The molecule has 0 spiro atoms. The van der Waals surface area contributed by atoms with E-state index in [2.05, 4.69) is 45.6 Å². The number of hydrogen-bond acceptors (Lipinski definition) is 1. The van der Waals surface area contributed by atoms with E-state index in [1.54, 1.807) is 6.08 Å². The van der Waals surface area contributed by atoms with Gasteiger partial charge in [-0.05, 0) is 64.4 Å². The molecule has 0 aromatic carbocycles. The summed E-state index contributed by atoms with van der Waals surface area (Å²) < 4.78 is 0. The van der Waals surface area contributed by atoms with Gasteiger partial charge in [0.05, 0.1) is 0 Å². The molecule has 118 valence electrons. The summed E-state index contributed by atoms with van der Waals surface area (Å²) in [5.74, 6) is 1.27. The highest BCUT2D eigenvalue weighted by Gasteiger charge is 2.09. The number of carbonyl (C=O) groups is 1. The molecule has 0 heterocycles. The zero-order chi connectivity index (χ0) is 16.3. The van der Waals surface area contributed by atoms with Crippen molar-refractivity contribution in [2.75, 3.05) is 0 Å². The molecule has 0 N–H and O–H groups in total. The van der Waals surface area contributed by atoms with Crippen molar-refractivity contribution in [3.63, 3.8) is 0 Å². The normalized spacial score (nSPS) is 14.8. The summed E-state index contributed by atoms with van der Waals surface area (Å²) in [7, 11) is 0. The molecule has 0 aromatic heterocycles. The molecule has 1 atom stereocenters. The zero-order valence-electron chi connectivity index (χ0n) is 14.5. The van der Waals surface area contributed by atoms with Crippen LogP contribution in [0.15, 0.2) is 47.6 Å². The van der Waals surface area contributed by atoms with Gasteiger partial charge in [0, 0.05) is 0 Å². The van der Waals surface area contributed by atoms with Crippen LogP contribution in [-0.2, 0) is 4.79 Å². The second kappa shape index (κ2) is 11.3. The summed E-state index contributed by atoms with van der Waals surface area (Å²) in [5.41, 5.74) is 3.71. The van der Waals surface area contributed by atoms with Crippen LogP contribution in [0.25, 0.3) is 0 Å². The van der Waals surface area contributed by atoms with E-state index in [1.807, 2.05) is 13.8 Å². The number of rotatable bonds is 10. The van der Waals surface area contributed by atoms with E-state index in [1.165, 1.54) is 12.0 Å². The van der Waals surface area contributed by atoms with E-state index in [9.17, 15) is 4.79 Å². The topological polar surface area (TPSA) is 17.1 Å². The molecule has 0 saturated carbocycles. The van der Waals surface area contributed by atoms with E-state index < -0.39 is 0 Å². The van der Waals surface area contributed by atoms with Gasteiger partial charge in [-0.3, -0.25) is 4.79 Å². The summed E-state index contributed by atoms with van der Waals surface area (Å²) in [6.07, 6.45) is 13.6. The van der Waals surface area contributed by atoms with Gasteiger partial charge in [-0.1, -0.05) is 55.4 Å². The van der Waals surface area contributed by atoms with Crippen molar-refractivity contribution < 1.29 is 4.79 Å². The van der Waals surface area contributed by atoms with Crippen molar-refractivity contribution >= 4 is 6.29 Å². The van der Waals surface area contributed by atoms with Gasteiger partial charge in [0.15, 0.2) is 0 Å². The van der Waals surface area contributed by atoms with Gasteiger partial charge in [0.25, 0.3) is 0 Å². The SMILES string of the molecule is C=C(C)C=CC(CCC(C)=CCCC(C)=CC=O)C(C)C. The molecular weight excluding hydrogens is 256 g/mol. The molecule has 0 radical (unpaired) electrons. The molecule has 0 aromatic rings. The van der Waals surface area contributed by atoms with E-state index >= 15 is 0 Å². The van der Waals surface area contributed by atoms with E-state index in [4.69, 9.17) is 0 Å². The van der Waals surface area contributed by atoms with Crippen LogP contribution in [0.1, 0.15) is 60.3 Å². The molecule has 21 heavy (non-hydrogen) atoms. The van der Waals surface area contributed by atoms with Crippen LogP contribution in [0.3, 0.4) is 0 Å². The average molecular weight is 288 g/mol. The Morgan fingerprint density at radius 2 is 1.76 bits per heavy atom. The molecule has 0 saturated heterocycles. The molecule has 0 aliphatic heterocycles. The van der Waals surface area contributed by atoms with Crippen molar-refractivity contribution in [3.8, 4) is 0 Å². The van der Waals surface area contributed by atoms with Crippen molar-refractivity contribution in [1.29, 1.82) is 0 Å². The van der Waals surface area contributed by atoms with Crippen LogP contribution in [-0.4, -0.2) is 6.29 Å². The lowest BCUT2D eigenvalue weighted by atomic mass is 9.89. The predicted octanol–water partition coefficient (Wildman–Crippen LogP) is 6.04. The minimum atomic E-state index is 0.613. The van der Waals surface area contributed by atoms with E-state index in [-0.39, 0.29) is 0 Å². The van der Waals surface area contributed by atoms with Gasteiger partial charge in [-0.2, -0.15) is 0 Å². The van der Waals surface area contributed by atoms with Crippen LogP contribution in [0, 0.1) is 11.8 Å². The molecule has 0 amide bonds. The summed E-state index contributed by atoms with van der Waals surface area (Å²) in [4.78, 5) is 10.4. The van der Waals surface area contributed by atoms with E-state index in [0.29, 0.717) is 11.8 Å². The Bertz CT molecular complexity index is 408. The van der Waals surface area contributed by atoms with Gasteiger partial charge in [-0.25, -0.2) is 0 Å². The molecule has 1 heteroatoms. The third-order valence-corrected chi connectivity index (χ3v) is 3.74. The Morgan fingerprint density at radius 1 is 1.10 bits per heavy atom. The van der Waals surface area contributed by atoms with Crippen molar-refractivity contribution in [1.82, 2.24) is 0 Å². The van der Waals surface area contributed by atoms with Gasteiger partial charge in [-0.15, -0.1) is 0 Å². The standard InChI is InChI=1S/C20H32O/c1-16(2)10-12-20(17(3)4)13-11-18(5)8-7-9-19(6)14-15-21/h8,10,12,14-15,17,20H,1,7,9,11,13H2,2-6H3. The fourth-order valence-electron chi connectivity index (χ4n) is 2.18. The fraction of sp³-hybridized carbons (Fsp3) is 0.550. The molecule has 0 rings (SSSR count). The second-order valence-corrected chi connectivity index (χ2v) is 6.39. The highest BCUT2D eigenvalue weighted by Crippen LogP contribution is 2.22. The van der Waals surface area contributed by atoms with Crippen LogP contribution in [0.2, 0.25) is 0 Å². The monoisotopic (exact) mass is 288 g/mol. The quantitative estimate of drug-likeness (QED) is 0.207. The number of aldehydes is 1. The van der Waals surface area contributed by atoms with Crippen LogP contribution in [0.5, 0.6) is 0 Å². The highest BCUT2D eigenvalue weighted by atomic mass is 16.1. The fourth-order valence-corrected chi connectivity index (χ4v) is 2.18. The summed E-state index contributed by atoms with van der Waals surface area (Å²) in [5, 5.41) is 0. The predicted molar refractivity (Wildman–Crippen MR) is 94.3 cm³/mol. The number of carbonyl (C=O) groups excluding carboxylic acids is 1. The summed E-state index contributed by atoms with van der Waals surface area (Å²) in [6, 6.07) is 0. The lowest BCUT2D eigenvalue weighted by molar-refractivity contribution is -0.104. The Morgan fingerprint density at radius 3 is 2.29 bits per heavy atom. The van der Waals surface area contributed by atoms with Gasteiger partial charge in [0.1, 0.15) is 6.29 Å². The minimum Gasteiger partial charge on any atom is -0.299 e. The first-order valence-corrected chi connectivity index (χ1v) is 7.97. The average Bonchev–Trinajstić information content (AvgIpc) is 2.38. The molecular formula is C20H32O. The molecule has 1 nitrogen and oxygen atoms in total. The summed E-state index contributed by atoms with van der Waals surface area (Å²) >= 11 is 0. The Balaban J connectivity index is 4.29. The first-order valence-electron chi connectivity index (χ1n) is 7.97. The number of allylic oxidation sites excluding steroid dienone is 7. The van der Waals surface area contributed by atoms with E-state index in [0.717, 1.165) is 36.7 Å². The first kappa shape index (κ1) is 19.6. The minimum absolute atomic E-state index is 0.613. The van der Waals surface area contributed by atoms with Gasteiger partial charge < -0.3 is 0 Å². The lowest BCUT2D eigenvalue weighted by Gasteiger charge is -2.17. The Hall–Kier alpha value is -1.37. The zero-order valence-corrected chi connectivity index (χ0v) is 14.5. The Labute approximate surface area is 131 Å². The van der Waals surface area contributed by atoms with Gasteiger partial charge >= 0.3 is 0 Å². The maximum Gasteiger partial charge on any atom is 0.142 e. The lowest BCUT2D eigenvalue weighted by Crippen LogP contribution is -2.05. The maximum absolute atomic E-state index is 10.4. The van der Waals surface area contributed by atoms with Crippen LogP contribution in [0.4, 0.5) is 0 Å².